The van der Waals surface area contributed by atoms with Crippen molar-refractivity contribution in [1.29, 1.82) is 0 Å². The van der Waals surface area contributed by atoms with Crippen molar-refractivity contribution in [2.45, 2.75) is 19.4 Å². The Morgan fingerprint density at radius 3 is 2.25 bits per heavy atom. The van der Waals surface area contributed by atoms with Gasteiger partial charge in [0.1, 0.15) is 5.82 Å². The monoisotopic (exact) mass is 360 g/mol. The maximum absolute atomic E-state index is 12.9. The number of benzene rings is 1. The number of hydroxylamine groups is 2. The van der Waals surface area contributed by atoms with Gasteiger partial charge in [0.15, 0.2) is 0 Å². The molecule has 1 atom stereocenters. The van der Waals surface area contributed by atoms with Gasteiger partial charge in [-0.3, -0.25) is 19.2 Å². The maximum atomic E-state index is 12.9. The Balaban J connectivity index is 2.81. The molecule has 1 aromatic rings. The Bertz CT molecular complexity index is 732. The first-order valence-electron chi connectivity index (χ1n) is 6.71. The minimum absolute atomic E-state index is 0.450. The van der Waals surface area contributed by atoms with E-state index in [1.165, 1.54) is 36.1 Å². The van der Waals surface area contributed by atoms with Gasteiger partial charge in [-0.15, -0.1) is 0 Å². The first-order valence-corrected chi connectivity index (χ1v) is 8.61. The van der Waals surface area contributed by atoms with E-state index in [0.717, 1.165) is 5.06 Å². The average molecular weight is 360 g/mol. The van der Waals surface area contributed by atoms with Crippen LogP contribution in [0.4, 0.5) is 4.39 Å². The van der Waals surface area contributed by atoms with Gasteiger partial charge < -0.3 is 0 Å². The molecule has 1 unspecified atom stereocenters. The van der Waals surface area contributed by atoms with Gasteiger partial charge in [0.25, 0.3) is 5.91 Å². The van der Waals surface area contributed by atoms with E-state index in [1.807, 2.05) is 0 Å². The highest BCUT2D eigenvalue weighted by Crippen LogP contribution is 2.21. The lowest BCUT2D eigenvalue weighted by Gasteiger charge is -2.26. The van der Waals surface area contributed by atoms with Crippen molar-refractivity contribution in [3.05, 3.63) is 35.6 Å². The van der Waals surface area contributed by atoms with Gasteiger partial charge in [-0.2, -0.15) is 0 Å². The number of amides is 2. The predicted molar refractivity (Wildman–Crippen MR) is 81.3 cm³/mol. The highest BCUT2D eigenvalue weighted by molar-refractivity contribution is 7.89. The average Bonchev–Trinajstić information content (AvgIpc) is 2.46. The van der Waals surface area contributed by atoms with Crippen molar-refractivity contribution in [3.8, 4) is 0 Å². The summed E-state index contributed by atoms with van der Waals surface area (Å²) in [6.45, 7) is 1.58. The number of ketones is 1. The molecule has 1 aromatic carbocycles. The van der Waals surface area contributed by atoms with Crippen LogP contribution in [0, 0.1) is 5.82 Å². The summed E-state index contributed by atoms with van der Waals surface area (Å²) in [6, 6.07) is 4.63. The second kappa shape index (κ2) is 7.97. The largest absolute Gasteiger partial charge is 0.301 e. The van der Waals surface area contributed by atoms with E-state index in [4.69, 9.17) is 4.84 Å². The van der Waals surface area contributed by atoms with E-state index < -0.39 is 45.9 Å². The van der Waals surface area contributed by atoms with Crippen LogP contribution < -0.4 is 4.72 Å². The Morgan fingerprint density at radius 1 is 1.25 bits per heavy atom. The summed E-state index contributed by atoms with van der Waals surface area (Å²) >= 11 is 0. The summed E-state index contributed by atoms with van der Waals surface area (Å²) in [7, 11) is -2.71. The molecule has 8 nitrogen and oxygen atoms in total. The smallest absolute Gasteiger partial charge is 0.288 e. The molecule has 0 aromatic heterocycles. The first-order chi connectivity index (χ1) is 11.0. The van der Waals surface area contributed by atoms with E-state index in [0.29, 0.717) is 11.8 Å². The molecule has 10 heteroatoms. The standard InChI is InChI=1S/C14H17FN2O6S/c1-9(10-4-6-11(15)7-5-10)17(23-2)13(19)8-12(18)14(20)16-24(3,21)22/h4-7,9H,8H2,1-3H3,(H,16,20). The highest BCUT2D eigenvalue weighted by atomic mass is 32.2. The van der Waals surface area contributed by atoms with Crippen LogP contribution in [0.25, 0.3) is 0 Å². The van der Waals surface area contributed by atoms with Crippen LogP contribution in [0.5, 0.6) is 0 Å². The van der Waals surface area contributed by atoms with Crippen molar-refractivity contribution < 1.29 is 32.0 Å². The number of rotatable bonds is 7. The summed E-state index contributed by atoms with van der Waals surface area (Å²) in [5, 5.41) is 0.846. The number of hydrogen-bond acceptors (Lipinski definition) is 6. The molecule has 1 rings (SSSR count). The molecule has 0 aliphatic carbocycles. The molecular formula is C14H17FN2O6S. The number of carbonyl (C=O) groups is 3. The van der Waals surface area contributed by atoms with E-state index >= 15 is 0 Å². The van der Waals surface area contributed by atoms with Crippen LogP contribution in [0.2, 0.25) is 0 Å². The number of hydrogen-bond donors (Lipinski definition) is 1. The minimum Gasteiger partial charge on any atom is -0.288 e. The Hall–Kier alpha value is -2.33. The van der Waals surface area contributed by atoms with Crippen LogP contribution in [-0.2, 0) is 29.2 Å². The van der Waals surface area contributed by atoms with Crippen molar-refractivity contribution >= 4 is 27.6 Å². The molecule has 132 valence electrons. The van der Waals surface area contributed by atoms with Gasteiger partial charge in [-0.05, 0) is 24.6 Å². The fourth-order valence-electron chi connectivity index (χ4n) is 1.87. The molecule has 0 fully saturated rings. The summed E-state index contributed by atoms with van der Waals surface area (Å²) in [5.41, 5.74) is 0.541. The second-order valence-corrected chi connectivity index (χ2v) is 6.68. The molecule has 0 saturated carbocycles. The van der Waals surface area contributed by atoms with Gasteiger partial charge in [-0.1, -0.05) is 12.1 Å². The van der Waals surface area contributed by atoms with Gasteiger partial charge in [0.05, 0.1) is 25.8 Å². The van der Waals surface area contributed by atoms with Crippen molar-refractivity contribution in [2.75, 3.05) is 13.4 Å². The summed E-state index contributed by atoms with van der Waals surface area (Å²) in [5.74, 6) is -3.92. The van der Waals surface area contributed by atoms with E-state index in [1.54, 1.807) is 6.92 Å². The Labute approximate surface area is 138 Å². The fourth-order valence-corrected chi connectivity index (χ4v) is 2.32. The van der Waals surface area contributed by atoms with Crippen LogP contribution in [-0.4, -0.2) is 44.4 Å². The zero-order valence-corrected chi connectivity index (χ0v) is 14.1. The summed E-state index contributed by atoms with van der Waals surface area (Å²) in [4.78, 5) is 40.1. The van der Waals surface area contributed by atoms with E-state index in [2.05, 4.69) is 0 Å². The molecule has 0 saturated heterocycles. The third-order valence-electron chi connectivity index (χ3n) is 2.99. The lowest BCUT2D eigenvalue weighted by atomic mass is 10.1. The number of halogens is 1. The van der Waals surface area contributed by atoms with Crippen LogP contribution in [0.3, 0.4) is 0 Å². The Morgan fingerprint density at radius 2 is 1.79 bits per heavy atom. The first kappa shape index (κ1) is 19.7. The lowest BCUT2D eigenvalue weighted by molar-refractivity contribution is -0.188. The molecule has 0 radical (unpaired) electrons. The molecule has 1 N–H and O–H groups in total. The molecule has 0 aliphatic heterocycles. The molecule has 2 amide bonds. The van der Waals surface area contributed by atoms with E-state index in [-0.39, 0.29) is 0 Å². The van der Waals surface area contributed by atoms with Crippen molar-refractivity contribution in [2.24, 2.45) is 0 Å². The zero-order chi connectivity index (χ0) is 18.5. The molecule has 0 heterocycles. The predicted octanol–water partition coefficient (Wildman–Crippen LogP) is 0.312. The lowest BCUT2D eigenvalue weighted by Crippen LogP contribution is -2.39. The quantitative estimate of drug-likeness (QED) is 0.426. The number of carbonyl (C=O) groups excluding carboxylic acids is 3. The van der Waals surface area contributed by atoms with Crippen LogP contribution >= 0.6 is 0 Å². The summed E-state index contributed by atoms with van der Waals surface area (Å²) in [6.07, 6.45) is -0.168. The second-order valence-electron chi connectivity index (χ2n) is 4.93. The number of sulfonamides is 1. The van der Waals surface area contributed by atoms with Gasteiger partial charge in [0.2, 0.25) is 15.8 Å². The van der Waals surface area contributed by atoms with E-state index in [9.17, 15) is 27.2 Å². The van der Waals surface area contributed by atoms with Crippen LogP contribution in [0.15, 0.2) is 24.3 Å². The zero-order valence-electron chi connectivity index (χ0n) is 13.3. The SMILES string of the molecule is CON(C(=O)CC(=O)C(=O)NS(C)(=O)=O)C(C)c1ccc(F)cc1. The normalized spacial score (nSPS) is 12.3. The van der Waals surface area contributed by atoms with Crippen molar-refractivity contribution in [3.63, 3.8) is 0 Å². The van der Waals surface area contributed by atoms with Crippen molar-refractivity contribution in [1.82, 2.24) is 9.79 Å². The molecule has 24 heavy (non-hydrogen) atoms. The topological polar surface area (TPSA) is 110 Å². The maximum Gasteiger partial charge on any atom is 0.301 e. The molecular weight excluding hydrogens is 343 g/mol. The highest BCUT2D eigenvalue weighted by Gasteiger charge is 2.27. The number of nitrogens with one attached hydrogen (secondary N) is 1. The number of Topliss-reactive ketones (excluding diaryl/α,β-unsaturated/α-hetero) is 1. The molecule has 0 aliphatic rings. The third kappa shape index (κ3) is 5.70. The molecule has 0 bridgehead atoms. The molecule has 0 spiro atoms. The van der Waals surface area contributed by atoms with Gasteiger partial charge in [0, 0.05) is 0 Å². The van der Waals surface area contributed by atoms with Crippen LogP contribution in [0.1, 0.15) is 24.9 Å². The third-order valence-corrected chi connectivity index (χ3v) is 3.55. The fraction of sp³-hybridized carbons (Fsp3) is 0.357. The van der Waals surface area contributed by atoms with Gasteiger partial charge >= 0.3 is 5.91 Å². The summed E-state index contributed by atoms with van der Waals surface area (Å²) < 4.78 is 36.2. The van der Waals surface area contributed by atoms with Gasteiger partial charge in [-0.25, -0.2) is 22.6 Å². The number of nitrogens with zero attached hydrogens (tertiary/aromatic N) is 1. The Kier molecular flexibility index (Phi) is 6.55. The minimum atomic E-state index is -3.91.